The zero-order valence-electron chi connectivity index (χ0n) is 7.38. The van der Waals surface area contributed by atoms with Crippen LogP contribution < -0.4 is 10.6 Å². The first kappa shape index (κ1) is 9.16. The minimum atomic E-state index is 0.850. The van der Waals surface area contributed by atoms with Crippen LogP contribution in [-0.4, -0.2) is 25.1 Å². The summed E-state index contributed by atoms with van der Waals surface area (Å²) < 4.78 is 0. The zero-order valence-corrected chi connectivity index (χ0v) is 7.38. The molecule has 0 unspecified atom stereocenters. The fourth-order valence-corrected chi connectivity index (χ4v) is 0.933. The van der Waals surface area contributed by atoms with Crippen molar-refractivity contribution >= 4 is 0 Å². The van der Waals surface area contributed by atoms with Crippen molar-refractivity contribution in [3.8, 4) is 0 Å². The second kappa shape index (κ2) is 5.69. The Morgan fingerprint density at radius 2 is 2.25 bits per heavy atom. The van der Waals surface area contributed by atoms with E-state index in [1.54, 1.807) is 0 Å². The molecule has 0 amide bonds. The number of pyridine rings is 1. The maximum atomic E-state index is 4.19. The van der Waals surface area contributed by atoms with E-state index in [9.17, 15) is 0 Å². The van der Waals surface area contributed by atoms with Gasteiger partial charge in [0.25, 0.3) is 0 Å². The van der Waals surface area contributed by atoms with E-state index in [1.165, 1.54) is 0 Å². The highest BCUT2D eigenvalue weighted by Crippen LogP contribution is 1.90. The Hall–Kier alpha value is -0.930. The minimum Gasteiger partial charge on any atom is -0.318 e. The standard InChI is InChI=1S/C9H15N3/c1-10-6-7-11-8-9-4-2-3-5-12-9/h2-5,10-11H,6-8H2,1H3. The fourth-order valence-electron chi connectivity index (χ4n) is 0.933. The van der Waals surface area contributed by atoms with Crippen molar-refractivity contribution in [2.45, 2.75) is 6.54 Å². The summed E-state index contributed by atoms with van der Waals surface area (Å²) in [7, 11) is 1.95. The van der Waals surface area contributed by atoms with Gasteiger partial charge in [0, 0.05) is 25.8 Å². The highest BCUT2D eigenvalue weighted by molar-refractivity contribution is 5.02. The molecule has 0 bridgehead atoms. The summed E-state index contributed by atoms with van der Waals surface area (Å²) in [6, 6.07) is 5.95. The van der Waals surface area contributed by atoms with E-state index in [0.29, 0.717) is 0 Å². The van der Waals surface area contributed by atoms with Crippen LogP contribution in [-0.2, 0) is 6.54 Å². The second-order valence-electron chi connectivity index (χ2n) is 2.60. The molecule has 0 fully saturated rings. The molecule has 0 saturated heterocycles. The van der Waals surface area contributed by atoms with Crippen LogP contribution in [0.3, 0.4) is 0 Å². The van der Waals surface area contributed by atoms with Crippen LogP contribution in [0.5, 0.6) is 0 Å². The molecule has 0 aliphatic carbocycles. The number of likely N-dealkylation sites (N-methyl/N-ethyl adjacent to an activating group) is 1. The summed E-state index contributed by atoms with van der Waals surface area (Å²) in [4.78, 5) is 4.19. The van der Waals surface area contributed by atoms with E-state index in [-0.39, 0.29) is 0 Å². The zero-order chi connectivity index (χ0) is 8.65. The van der Waals surface area contributed by atoms with Gasteiger partial charge in [0.15, 0.2) is 0 Å². The van der Waals surface area contributed by atoms with E-state index < -0.39 is 0 Å². The highest BCUT2D eigenvalue weighted by atomic mass is 14.9. The van der Waals surface area contributed by atoms with Crippen molar-refractivity contribution in [1.82, 2.24) is 15.6 Å². The summed E-state index contributed by atoms with van der Waals surface area (Å²) >= 11 is 0. The third-order valence-corrected chi connectivity index (χ3v) is 1.58. The molecular weight excluding hydrogens is 150 g/mol. The second-order valence-corrected chi connectivity index (χ2v) is 2.60. The summed E-state index contributed by atoms with van der Waals surface area (Å²) in [6.07, 6.45) is 1.81. The lowest BCUT2D eigenvalue weighted by molar-refractivity contribution is 0.642. The molecule has 0 aromatic carbocycles. The molecule has 12 heavy (non-hydrogen) atoms. The number of nitrogens with zero attached hydrogens (tertiary/aromatic N) is 1. The summed E-state index contributed by atoms with van der Waals surface area (Å²) in [5, 5.41) is 6.35. The van der Waals surface area contributed by atoms with Crippen LogP contribution in [0.4, 0.5) is 0 Å². The number of hydrogen-bond donors (Lipinski definition) is 2. The van der Waals surface area contributed by atoms with Crippen LogP contribution in [0.25, 0.3) is 0 Å². The molecular formula is C9H15N3. The van der Waals surface area contributed by atoms with Crippen molar-refractivity contribution in [2.75, 3.05) is 20.1 Å². The van der Waals surface area contributed by atoms with Gasteiger partial charge in [-0.3, -0.25) is 4.98 Å². The van der Waals surface area contributed by atoms with Crippen LogP contribution in [0.1, 0.15) is 5.69 Å². The molecule has 0 radical (unpaired) electrons. The van der Waals surface area contributed by atoms with Gasteiger partial charge in [-0.15, -0.1) is 0 Å². The molecule has 3 heteroatoms. The van der Waals surface area contributed by atoms with E-state index in [0.717, 1.165) is 25.3 Å². The van der Waals surface area contributed by atoms with Crippen LogP contribution >= 0.6 is 0 Å². The Bertz CT molecular complexity index is 198. The first-order chi connectivity index (χ1) is 5.93. The Morgan fingerprint density at radius 1 is 1.33 bits per heavy atom. The van der Waals surface area contributed by atoms with Gasteiger partial charge in [-0.2, -0.15) is 0 Å². The van der Waals surface area contributed by atoms with Crippen molar-refractivity contribution in [3.63, 3.8) is 0 Å². The van der Waals surface area contributed by atoms with Gasteiger partial charge in [0.05, 0.1) is 5.69 Å². The predicted octanol–water partition coefficient (Wildman–Crippen LogP) is 0.391. The van der Waals surface area contributed by atoms with Crippen LogP contribution in [0.2, 0.25) is 0 Å². The fraction of sp³-hybridized carbons (Fsp3) is 0.444. The summed E-state index contributed by atoms with van der Waals surface area (Å²) in [6.45, 7) is 2.82. The molecule has 1 aromatic heterocycles. The van der Waals surface area contributed by atoms with Gasteiger partial charge in [0.2, 0.25) is 0 Å². The van der Waals surface area contributed by atoms with E-state index in [1.807, 2.05) is 31.4 Å². The van der Waals surface area contributed by atoms with Gasteiger partial charge in [-0.1, -0.05) is 6.07 Å². The molecule has 1 heterocycles. The molecule has 0 aliphatic rings. The minimum absolute atomic E-state index is 0.850. The van der Waals surface area contributed by atoms with E-state index >= 15 is 0 Å². The topological polar surface area (TPSA) is 37.0 Å². The maximum Gasteiger partial charge on any atom is 0.0541 e. The molecule has 0 atom stereocenters. The van der Waals surface area contributed by atoms with Gasteiger partial charge < -0.3 is 10.6 Å². The van der Waals surface area contributed by atoms with Crippen LogP contribution in [0, 0.1) is 0 Å². The summed E-state index contributed by atoms with van der Waals surface area (Å²) in [5.41, 5.74) is 1.09. The van der Waals surface area contributed by atoms with E-state index in [2.05, 4.69) is 15.6 Å². The summed E-state index contributed by atoms with van der Waals surface area (Å²) in [5.74, 6) is 0. The number of hydrogen-bond acceptors (Lipinski definition) is 3. The van der Waals surface area contributed by atoms with Crippen molar-refractivity contribution in [1.29, 1.82) is 0 Å². The van der Waals surface area contributed by atoms with E-state index in [4.69, 9.17) is 0 Å². The average molecular weight is 165 g/mol. The lowest BCUT2D eigenvalue weighted by atomic mass is 10.3. The van der Waals surface area contributed by atoms with Crippen molar-refractivity contribution in [3.05, 3.63) is 30.1 Å². The molecule has 3 nitrogen and oxygen atoms in total. The average Bonchev–Trinajstić information content (AvgIpc) is 2.14. The lowest BCUT2D eigenvalue weighted by Gasteiger charge is -2.02. The highest BCUT2D eigenvalue weighted by Gasteiger charge is 1.89. The molecule has 0 spiro atoms. The van der Waals surface area contributed by atoms with Gasteiger partial charge in [-0.05, 0) is 19.2 Å². The monoisotopic (exact) mass is 165 g/mol. The number of rotatable bonds is 5. The Balaban J connectivity index is 2.16. The van der Waals surface area contributed by atoms with Gasteiger partial charge >= 0.3 is 0 Å². The smallest absolute Gasteiger partial charge is 0.0541 e. The van der Waals surface area contributed by atoms with Crippen LogP contribution in [0.15, 0.2) is 24.4 Å². The largest absolute Gasteiger partial charge is 0.318 e. The Labute approximate surface area is 73.2 Å². The normalized spacial score (nSPS) is 10.1. The SMILES string of the molecule is CNCCNCc1ccccn1. The molecule has 1 rings (SSSR count). The first-order valence-electron chi connectivity index (χ1n) is 4.18. The first-order valence-corrected chi connectivity index (χ1v) is 4.18. The number of nitrogens with one attached hydrogen (secondary N) is 2. The third kappa shape index (κ3) is 3.46. The molecule has 0 saturated carbocycles. The molecule has 1 aromatic rings. The molecule has 2 N–H and O–H groups in total. The molecule has 0 aliphatic heterocycles. The van der Waals surface area contributed by atoms with Gasteiger partial charge in [-0.25, -0.2) is 0 Å². The predicted molar refractivity (Wildman–Crippen MR) is 49.9 cm³/mol. The maximum absolute atomic E-state index is 4.19. The van der Waals surface area contributed by atoms with Crippen molar-refractivity contribution in [2.24, 2.45) is 0 Å². The third-order valence-electron chi connectivity index (χ3n) is 1.58. The van der Waals surface area contributed by atoms with Gasteiger partial charge in [0.1, 0.15) is 0 Å². The van der Waals surface area contributed by atoms with Crippen molar-refractivity contribution < 1.29 is 0 Å². The quantitative estimate of drug-likeness (QED) is 0.620. The number of aromatic nitrogens is 1. The lowest BCUT2D eigenvalue weighted by Crippen LogP contribution is -2.24. The molecule has 66 valence electrons. The Kier molecular flexibility index (Phi) is 4.34. The Morgan fingerprint density at radius 3 is 2.92 bits per heavy atom.